The van der Waals surface area contributed by atoms with Gasteiger partial charge in [0, 0.05) is 6.04 Å². The van der Waals surface area contributed by atoms with Gasteiger partial charge in [-0.3, -0.25) is 9.59 Å². The Kier molecular flexibility index (Phi) is 5.21. The van der Waals surface area contributed by atoms with Crippen molar-refractivity contribution in [2.24, 2.45) is 0 Å². The number of amides is 1. The van der Waals surface area contributed by atoms with E-state index in [2.05, 4.69) is 9.59 Å². The molecule has 0 saturated heterocycles. The molecule has 0 radical (unpaired) electrons. The van der Waals surface area contributed by atoms with E-state index in [1.807, 2.05) is 13.8 Å². The number of hydrogen-bond donors (Lipinski definition) is 0. The van der Waals surface area contributed by atoms with Gasteiger partial charge in [-0.05, 0) is 39.2 Å². The molecule has 7 heteroatoms. The molecule has 0 N–H and O–H groups in total. The molecular weight excluding hydrogens is 254 g/mol. The van der Waals surface area contributed by atoms with Gasteiger partial charge in [0.2, 0.25) is 0 Å². The van der Waals surface area contributed by atoms with Crippen molar-refractivity contribution in [3.63, 3.8) is 0 Å². The zero-order chi connectivity index (χ0) is 13.7. The first-order valence-corrected chi connectivity index (χ1v) is 6.50. The van der Waals surface area contributed by atoms with E-state index in [-0.39, 0.29) is 18.5 Å². The lowest BCUT2D eigenvalue weighted by molar-refractivity contribution is -0.144. The van der Waals surface area contributed by atoms with E-state index < -0.39 is 5.97 Å². The van der Waals surface area contributed by atoms with Crippen molar-refractivity contribution in [3.8, 4) is 0 Å². The molecule has 1 amide bonds. The molecule has 1 aromatic heterocycles. The molecule has 0 bridgehead atoms. The number of rotatable bonds is 5. The molecule has 1 heterocycles. The second-order valence-electron chi connectivity index (χ2n) is 4.02. The molecule has 18 heavy (non-hydrogen) atoms. The monoisotopic (exact) mass is 271 g/mol. The zero-order valence-corrected chi connectivity index (χ0v) is 11.8. The van der Waals surface area contributed by atoms with Crippen LogP contribution in [0.3, 0.4) is 0 Å². The maximum Gasteiger partial charge on any atom is 0.325 e. The summed E-state index contributed by atoms with van der Waals surface area (Å²) in [6, 6.07) is -0.0941. The Morgan fingerprint density at radius 2 is 2.11 bits per heavy atom. The topological polar surface area (TPSA) is 72.4 Å². The minimum absolute atomic E-state index is 0.0539. The first-order chi connectivity index (χ1) is 8.47. The van der Waals surface area contributed by atoms with Crippen LogP contribution in [0.2, 0.25) is 0 Å². The molecule has 0 spiro atoms. The van der Waals surface area contributed by atoms with Gasteiger partial charge in [0.15, 0.2) is 0 Å². The van der Waals surface area contributed by atoms with Gasteiger partial charge in [0.05, 0.1) is 12.3 Å². The number of nitrogens with zero attached hydrogens (tertiary/aromatic N) is 3. The Hall–Kier alpha value is -1.50. The zero-order valence-electron chi connectivity index (χ0n) is 11.0. The van der Waals surface area contributed by atoms with Crippen molar-refractivity contribution in [2.75, 3.05) is 13.2 Å². The Balaban J connectivity index is 2.83. The summed E-state index contributed by atoms with van der Waals surface area (Å²) >= 11 is 1.04. The number of aryl methyl sites for hydroxylation is 1. The Morgan fingerprint density at radius 3 is 2.56 bits per heavy atom. The molecule has 1 rings (SSSR count). The third-order valence-electron chi connectivity index (χ3n) is 2.33. The van der Waals surface area contributed by atoms with Crippen molar-refractivity contribution in [3.05, 3.63) is 10.6 Å². The fourth-order valence-electron chi connectivity index (χ4n) is 1.39. The van der Waals surface area contributed by atoms with Crippen LogP contribution in [0.15, 0.2) is 0 Å². The molecular formula is C11H17N3O3S. The summed E-state index contributed by atoms with van der Waals surface area (Å²) < 4.78 is 8.59. The van der Waals surface area contributed by atoms with Crippen LogP contribution >= 0.6 is 11.5 Å². The number of carbonyl (C=O) groups excluding carboxylic acids is 2. The Bertz CT molecular complexity index is 431. The van der Waals surface area contributed by atoms with E-state index in [1.54, 1.807) is 13.8 Å². The average molecular weight is 271 g/mol. The standard InChI is InChI=1S/C11H17N3O3S/c1-5-17-9(15)6-14(7(2)3)11(16)10-8(4)12-13-18-10/h7H,5-6H2,1-4H3. The lowest BCUT2D eigenvalue weighted by Crippen LogP contribution is -2.41. The van der Waals surface area contributed by atoms with Crippen LogP contribution in [0.25, 0.3) is 0 Å². The normalized spacial score (nSPS) is 10.5. The molecule has 0 aromatic carbocycles. The highest BCUT2D eigenvalue weighted by Crippen LogP contribution is 2.14. The third kappa shape index (κ3) is 3.49. The molecule has 0 atom stereocenters. The van der Waals surface area contributed by atoms with Gasteiger partial charge in [0.25, 0.3) is 5.91 Å². The van der Waals surface area contributed by atoms with Gasteiger partial charge < -0.3 is 9.64 Å². The Morgan fingerprint density at radius 1 is 1.44 bits per heavy atom. The molecule has 0 fully saturated rings. The largest absolute Gasteiger partial charge is 0.465 e. The molecule has 0 aliphatic heterocycles. The average Bonchev–Trinajstić information content (AvgIpc) is 2.71. The van der Waals surface area contributed by atoms with Crippen molar-refractivity contribution < 1.29 is 14.3 Å². The molecule has 0 unspecified atom stereocenters. The van der Waals surface area contributed by atoms with Gasteiger partial charge in [-0.2, -0.15) is 0 Å². The second kappa shape index (κ2) is 6.44. The Labute approximate surface area is 110 Å². The predicted octanol–water partition coefficient (Wildman–Crippen LogP) is 1.26. The van der Waals surface area contributed by atoms with Crippen LogP contribution in [-0.4, -0.2) is 45.6 Å². The van der Waals surface area contributed by atoms with E-state index in [4.69, 9.17) is 4.74 Å². The van der Waals surface area contributed by atoms with Gasteiger partial charge in [-0.25, -0.2) is 0 Å². The minimum atomic E-state index is -0.408. The van der Waals surface area contributed by atoms with Crippen LogP contribution in [0.5, 0.6) is 0 Å². The molecule has 0 saturated carbocycles. The lowest BCUT2D eigenvalue weighted by atomic mass is 10.2. The second-order valence-corrected chi connectivity index (χ2v) is 4.77. The number of esters is 1. The van der Waals surface area contributed by atoms with Crippen LogP contribution in [0.1, 0.15) is 36.1 Å². The van der Waals surface area contributed by atoms with E-state index in [0.717, 1.165) is 11.5 Å². The molecule has 100 valence electrons. The van der Waals surface area contributed by atoms with E-state index in [9.17, 15) is 9.59 Å². The summed E-state index contributed by atoms with van der Waals surface area (Å²) in [5, 5.41) is 3.80. The first-order valence-electron chi connectivity index (χ1n) is 5.72. The van der Waals surface area contributed by atoms with Crippen molar-refractivity contribution in [1.82, 2.24) is 14.5 Å². The quantitative estimate of drug-likeness (QED) is 0.754. The lowest BCUT2D eigenvalue weighted by Gasteiger charge is -2.25. The molecule has 1 aromatic rings. The van der Waals surface area contributed by atoms with Crippen molar-refractivity contribution in [1.29, 1.82) is 0 Å². The SMILES string of the molecule is CCOC(=O)CN(C(=O)c1snnc1C)C(C)C. The highest BCUT2D eigenvalue weighted by molar-refractivity contribution is 7.07. The smallest absolute Gasteiger partial charge is 0.325 e. The van der Waals surface area contributed by atoms with Crippen molar-refractivity contribution in [2.45, 2.75) is 33.7 Å². The van der Waals surface area contributed by atoms with Crippen LogP contribution in [0.4, 0.5) is 0 Å². The van der Waals surface area contributed by atoms with E-state index in [1.165, 1.54) is 4.90 Å². The number of ether oxygens (including phenoxy) is 1. The fraction of sp³-hybridized carbons (Fsp3) is 0.636. The van der Waals surface area contributed by atoms with Gasteiger partial charge in [0.1, 0.15) is 11.4 Å². The fourth-order valence-corrected chi connectivity index (χ4v) is 2.01. The maximum absolute atomic E-state index is 12.3. The molecule has 6 nitrogen and oxygen atoms in total. The minimum Gasteiger partial charge on any atom is -0.465 e. The summed E-state index contributed by atoms with van der Waals surface area (Å²) in [4.78, 5) is 25.7. The summed E-state index contributed by atoms with van der Waals surface area (Å²) in [5.41, 5.74) is 0.583. The van der Waals surface area contributed by atoms with Gasteiger partial charge >= 0.3 is 5.97 Å². The highest BCUT2D eigenvalue weighted by Gasteiger charge is 2.25. The number of hydrogen-bond acceptors (Lipinski definition) is 6. The number of carbonyl (C=O) groups is 2. The summed E-state index contributed by atoms with van der Waals surface area (Å²) in [5.74, 6) is -0.639. The number of aromatic nitrogens is 2. The summed E-state index contributed by atoms with van der Waals surface area (Å²) in [7, 11) is 0. The predicted molar refractivity (Wildman–Crippen MR) is 67.5 cm³/mol. The first kappa shape index (κ1) is 14.6. The highest BCUT2D eigenvalue weighted by atomic mass is 32.1. The van der Waals surface area contributed by atoms with Crippen LogP contribution in [-0.2, 0) is 9.53 Å². The third-order valence-corrected chi connectivity index (χ3v) is 3.15. The summed E-state index contributed by atoms with van der Waals surface area (Å²) in [6.07, 6.45) is 0. The van der Waals surface area contributed by atoms with Gasteiger partial charge in [-0.15, -0.1) is 5.10 Å². The van der Waals surface area contributed by atoms with Gasteiger partial charge in [-0.1, -0.05) is 4.49 Å². The molecule has 0 aliphatic rings. The van der Waals surface area contributed by atoms with E-state index in [0.29, 0.717) is 17.2 Å². The van der Waals surface area contributed by atoms with E-state index >= 15 is 0 Å². The maximum atomic E-state index is 12.3. The van der Waals surface area contributed by atoms with Crippen LogP contribution < -0.4 is 0 Å². The summed E-state index contributed by atoms with van der Waals surface area (Å²) in [6.45, 7) is 7.40. The molecule has 0 aliphatic carbocycles. The van der Waals surface area contributed by atoms with Crippen molar-refractivity contribution >= 4 is 23.4 Å². The van der Waals surface area contributed by atoms with Crippen LogP contribution in [0, 0.1) is 6.92 Å².